The highest BCUT2D eigenvalue weighted by Crippen LogP contribution is 2.18. The van der Waals surface area contributed by atoms with Crippen molar-refractivity contribution in [2.45, 2.75) is 18.9 Å². The van der Waals surface area contributed by atoms with Gasteiger partial charge in [0.15, 0.2) is 6.61 Å². The molecule has 0 aliphatic heterocycles. The standard InChI is InChI=1S/C13H12ClFN2O4/c14-10-5-7(15)1-4-9(10)12(19)21-6-11(18)17-13(20)16-8-2-3-8/h1,4-5,8H,2-3,6H2,(H2,16,17,18,20). The van der Waals surface area contributed by atoms with Gasteiger partial charge in [-0.1, -0.05) is 11.6 Å². The van der Waals surface area contributed by atoms with Gasteiger partial charge in [-0.3, -0.25) is 10.1 Å². The molecule has 1 aromatic carbocycles. The predicted octanol–water partition coefficient (Wildman–Crippen LogP) is 1.62. The highest BCUT2D eigenvalue weighted by Gasteiger charge is 2.24. The minimum Gasteiger partial charge on any atom is -0.452 e. The number of esters is 1. The van der Waals surface area contributed by atoms with Gasteiger partial charge in [0.25, 0.3) is 5.91 Å². The number of hydrogen-bond donors (Lipinski definition) is 2. The fraction of sp³-hybridized carbons (Fsp3) is 0.308. The number of hydrogen-bond acceptors (Lipinski definition) is 4. The molecule has 2 N–H and O–H groups in total. The number of nitrogens with one attached hydrogen (secondary N) is 2. The van der Waals surface area contributed by atoms with E-state index >= 15 is 0 Å². The minimum atomic E-state index is -0.877. The first-order valence-corrected chi connectivity index (χ1v) is 6.56. The van der Waals surface area contributed by atoms with Crippen LogP contribution in [0.25, 0.3) is 0 Å². The summed E-state index contributed by atoms with van der Waals surface area (Å²) in [6.45, 7) is -0.634. The zero-order chi connectivity index (χ0) is 15.4. The molecule has 0 spiro atoms. The van der Waals surface area contributed by atoms with Crippen LogP contribution in [-0.4, -0.2) is 30.6 Å². The van der Waals surface area contributed by atoms with Crippen molar-refractivity contribution in [1.29, 1.82) is 0 Å². The van der Waals surface area contributed by atoms with Crippen LogP contribution in [-0.2, 0) is 9.53 Å². The lowest BCUT2D eigenvalue weighted by atomic mass is 10.2. The number of carbonyl (C=O) groups is 3. The summed E-state index contributed by atoms with van der Waals surface area (Å²) < 4.78 is 17.5. The van der Waals surface area contributed by atoms with E-state index in [4.69, 9.17) is 16.3 Å². The molecule has 112 valence electrons. The Morgan fingerprint density at radius 2 is 2.05 bits per heavy atom. The van der Waals surface area contributed by atoms with E-state index in [0.717, 1.165) is 31.0 Å². The minimum absolute atomic E-state index is 0.0618. The zero-order valence-corrected chi connectivity index (χ0v) is 11.6. The molecule has 6 nitrogen and oxygen atoms in total. The zero-order valence-electron chi connectivity index (χ0n) is 10.8. The molecule has 0 atom stereocenters. The van der Waals surface area contributed by atoms with Crippen LogP contribution in [0.1, 0.15) is 23.2 Å². The van der Waals surface area contributed by atoms with Gasteiger partial charge in [0, 0.05) is 6.04 Å². The van der Waals surface area contributed by atoms with Crippen LogP contribution >= 0.6 is 11.6 Å². The number of urea groups is 1. The molecule has 21 heavy (non-hydrogen) atoms. The summed E-state index contributed by atoms with van der Waals surface area (Å²) in [7, 11) is 0. The van der Waals surface area contributed by atoms with E-state index in [1.54, 1.807) is 0 Å². The second kappa shape index (κ2) is 6.53. The van der Waals surface area contributed by atoms with E-state index in [-0.39, 0.29) is 16.6 Å². The van der Waals surface area contributed by atoms with Gasteiger partial charge < -0.3 is 10.1 Å². The van der Waals surface area contributed by atoms with Gasteiger partial charge in [0.2, 0.25) is 0 Å². The molecule has 0 saturated heterocycles. The van der Waals surface area contributed by atoms with Gasteiger partial charge in [-0.15, -0.1) is 0 Å². The largest absolute Gasteiger partial charge is 0.452 e. The molecule has 3 amide bonds. The molecule has 0 aromatic heterocycles. The van der Waals surface area contributed by atoms with Crippen LogP contribution < -0.4 is 10.6 Å². The van der Waals surface area contributed by atoms with Crippen molar-refractivity contribution in [3.8, 4) is 0 Å². The third-order valence-electron chi connectivity index (χ3n) is 2.65. The van der Waals surface area contributed by atoms with Gasteiger partial charge in [-0.25, -0.2) is 14.0 Å². The van der Waals surface area contributed by atoms with Crippen LogP contribution in [0, 0.1) is 5.82 Å². The van der Waals surface area contributed by atoms with Gasteiger partial charge >= 0.3 is 12.0 Å². The molecule has 2 rings (SSSR count). The average Bonchev–Trinajstić information content (AvgIpc) is 3.19. The Hall–Kier alpha value is -2.15. The first-order chi connectivity index (χ1) is 9.95. The van der Waals surface area contributed by atoms with Gasteiger partial charge in [0.1, 0.15) is 5.82 Å². The van der Waals surface area contributed by atoms with Crippen LogP contribution in [0.15, 0.2) is 18.2 Å². The Bertz CT molecular complexity index is 590. The maximum Gasteiger partial charge on any atom is 0.340 e. The highest BCUT2D eigenvalue weighted by atomic mass is 35.5. The van der Waals surface area contributed by atoms with Gasteiger partial charge in [0.05, 0.1) is 10.6 Å². The Kier molecular flexibility index (Phi) is 4.74. The summed E-state index contributed by atoms with van der Waals surface area (Å²) in [5, 5.41) is 4.45. The molecule has 8 heteroatoms. The molecule has 1 fully saturated rings. The van der Waals surface area contributed by atoms with E-state index in [2.05, 4.69) is 5.32 Å². The topological polar surface area (TPSA) is 84.5 Å². The molecule has 0 unspecified atom stereocenters. The van der Waals surface area contributed by atoms with Crippen molar-refractivity contribution < 1.29 is 23.5 Å². The number of rotatable bonds is 4. The van der Waals surface area contributed by atoms with Crippen molar-refractivity contribution in [2.24, 2.45) is 0 Å². The van der Waals surface area contributed by atoms with Gasteiger partial charge in [-0.05, 0) is 31.0 Å². The second-order valence-electron chi connectivity index (χ2n) is 4.50. The fourth-order valence-electron chi connectivity index (χ4n) is 1.48. The Morgan fingerprint density at radius 1 is 1.33 bits per heavy atom. The van der Waals surface area contributed by atoms with Crippen LogP contribution in [0.4, 0.5) is 9.18 Å². The molecule has 1 aromatic rings. The molecule has 0 bridgehead atoms. The van der Waals surface area contributed by atoms with E-state index in [9.17, 15) is 18.8 Å². The predicted molar refractivity (Wildman–Crippen MR) is 71.4 cm³/mol. The molecular formula is C13H12ClFN2O4. The summed E-state index contributed by atoms with van der Waals surface area (Å²) >= 11 is 5.68. The van der Waals surface area contributed by atoms with E-state index in [1.807, 2.05) is 5.32 Å². The molecular weight excluding hydrogens is 303 g/mol. The molecule has 0 radical (unpaired) electrons. The highest BCUT2D eigenvalue weighted by molar-refractivity contribution is 6.33. The summed E-state index contributed by atoms with van der Waals surface area (Å²) in [5.41, 5.74) is -0.0618. The summed E-state index contributed by atoms with van der Waals surface area (Å²) in [5.74, 6) is -2.23. The molecule has 1 aliphatic carbocycles. The molecule has 1 aliphatic rings. The fourth-order valence-corrected chi connectivity index (χ4v) is 1.72. The summed E-state index contributed by atoms with van der Waals surface area (Å²) in [6, 6.07) is 2.64. The normalized spacial score (nSPS) is 13.4. The van der Waals surface area contributed by atoms with Crippen molar-refractivity contribution in [3.05, 3.63) is 34.6 Å². The lowest BCUT2D eigenvalue weighted by Crippen LogP contribution is -2.42. The van der Waals surface area contributed by atoms with Crippen molar-refractivity contribution >= 4 is 29.5 Å². The third kappa shape index (κ3) is 4.71. The number of benzene rings is 1. The number of imide groups is 1. The number of amides is 3. The maximum atomic E-state index is 12.8. The lowest BCUT2D eigenvalue weighted by molar-refractivity contribution is -0.123. The van der Waals surface area contributed by atoms with E-state index < -0.39 is 30.3 Å². The number of halogens is 2. The van der Waals surface area contributed by atoms with E-state index in [0.29, 0.717) is 0 Å². The Labute approximate surface area is 124 Å². The second-order valence-corrected chi connectivity index (χ2v) is 4.90. The third-order valence-corrected chi connectivity index (χ3v) is 2.96. The molecule has 1 saturated carbocycles. The SMILES string of the molecule is O=C(COC(=O)c1ccc(F)cc1Cl)NC(=O)NC1CC1. The summed E-state index contributed by atoms with van der Waals surface area (Å²) in [6.07, 6.45) is 1.78. The smallest absolute Gasteiger partial charge is 0.340 e. The molecule has 0 heterocycles. The van der Waals surface area contributed by atoms with Crippen molar-refractivity contribution in [3.63, 3.8) is 0 Å². The Balaban J connectivity index is 1.79. The first-order valence-electron chi connectivity index (χ1n) is 6.18. The van der Waals surface area contributed by atoms with Gasteiger partial charge in [-0.2, -0.15) is 0 Å². The average molecular weight is 315 g/mol. The quantitative estimate of drug-likeness (QED) is 0.827. The van der Waals surface area contributed by atoms with E-state index in [1.165, 1.54) is 0 Å². The van der Waals surface area contributed by atoms with Crippen LogP contribution in [0.3, 0.4) is 0 Å². The summed E-state index contributed by atoms with van der Waals surface area (Å²) in [4.78, 5) is 34.3. The monoisotopic (exact) mass is 314 g/mol. The maximum absolute atomic E-state index is 12.8. The number of ether oxygens (including phenoxy) is 1. The van der Waals surface area contributed by atoms with Crippen LogP contribution in [0.5, 0.6) is 0 Å². The Morgan fingerprint density at radius 3 is 2.67 bits per heavy atom. The van der Waals surface area contributed by atoms with Crippen LogP contribution in [0.2, 0.25) is 5.02 Å². The first kappa shape index (κ1) is 15.2. The van der Waals surface area contributed by atoms with Crippen molar-refractivity contribution in [1.82, 2.24) is 10.6 Å². The van der Waals surface area contributed by atoms with Crippen molar-refractivity contribution in [2.75, 3.05) is 6.61 Å². The number of carbonyl (C=O) groups excluding carboxylic acids is 3. The lowest BCUT2D eigenvalue weighted by Gasteiger charge is -2.07.